The first kappa shape index (κ1) is 26.4. The van der Waals surface area contributed by atoms with Crippen LogP contribution in [-0.4, -0.2) is 78.6 Å². The molecule has 204 valence electrons. The van der Waals surface area contributed by atoms with Crippen LogP contribution in [0.2, 0.25) is 0 Å². The zero-order valence-electron chi connectivity index (χ0n) is 21.4. The summed E-state index contributed by atoms with van der Waals surface area (Å²) in [7, 11) is 1.90. The second-order valence-electron chi connectivity index (χ2n) is 9.87. The Kier molecular flexibility index (Phi) is 7.80. The SMILES string of the molecule is Cn1c(C(=O)N2CCN(Cc3ccc(OCC(F)(F)F)cc3)CC2)cc2ccc(OCC3CCCO3)cc21. The van der Waals surface area contributed by atoms with Crippen LogP contribution in [0.1, 0.15) is 28.9 Å². The zero-order chi connectivity index (χ0) is 26.7. The molecule has 0 spiro atoms. The quantitative estimate of drug-likeness (QED) is 0.424. The molecule has 0 N–H and O–H groups in total. The first-order valence-corrected chi connectivity index (χ1v) is 12.9. The van der Waals surface area contributed by atoms with Crippen molar-refractivity contribution in [3.63, 3.8) is 0 Å². The second-order valence-corrected chi connectivity index (χ2v) is 9.87. The third kappa shape index (κ3) is 6.42. The molecule has 2 fully saturated rings. The predicted molar refractivity (Wildman–Crippen MR) is 137 cm³/mol. The van der Waals surface area contributed by atoms with Crippen LogP contribution in [0.3, 0.4) is 0 Å². The molecule has 1 amide bonds. The molecule has 0 radical (unpaired) electrons. The van der Waals surface area contributed by atoms with Gasteiger partial charge in [-0.05, 0) is 48.7 Å². The van der Waals surface area contributed by atoms with Gasteiger partial charge in [0.05, 0.1) is 11.6 Å². The van der Waals surface area contributed by atoms with E-state index < -0.39 is 12.8 Å². The molecule has 7 nitrogen and oxygen atoms in total. The summed E-state index contributed by atoms with van der Waals surface area (Å²) in [5, 5.41) is 0.988. The first-order valence-electron chi connectivity index (χ1n) is 12.9. The minimum atomic E-state index is -4.36. The van der Waals surface area contributed by atoms with E-state index in [2.05, 4.69) is 4.90 Å². The Bertz CT molecular complexity index is 1240. The van der Waals surface area contributed by atoms with Crippen molar-refractivity contribution in [1.82, 2.24) is 14.4 Å². The molecule has 1 unspecified atom stereocenters. The number of benzene rings is 2. The van der Waals surface area contributed by atoms with Crippen LogP contribution in [0, 0.1) is 0 Å². The summed E-state index contributed by atoms with van der Waals surface area (Å²) in [5.74, 6) is 0.955. The highest BCUT2D eigenvalue weighted by atomic mass is 19.4. The molecule has 10 heteroatoms. The molecule has 2 aliphatic heterocycles. The molecule has 1 aromatic heterocycles. The van der Waals surface area contributed by atoms with Crippen LogP contribution < -0.4 is 9.47 Å². The first-order chi connectivity index (χ1) is 18.2. The van der Waals surface area contributed by atoms with E-state index in [0.29, 0.717) is 45.0 Å². The van der Waals surface area contributed by atoms with Gasteiger partial charge in [0.15, 0.2) is 6.61 Å². The molecule has 5 rings (SSSR count). The Morgan fingerprint density at radius 1 is 1.00 bits per heavy atom. The maximum atomic E-state index is 13.4. The van der Waals surface area contributed by atoms with E-state index >= 15 is 0 Å². The highest BCUT2D eigenvalue weighted by molar-refractivity contribution is 5.99. The van der Waals surface area contributed by atoms with Crippen LogP contribution in [0.4, 0.5) is 13.2 Å². The van der Waals surface area contributed by atoms with Crippen LogP contribution in [0.15, 0.2) is 48.5 Å². The van der Waals surface area contributed by atoms with E-state index in [9.17, 15) is 18.0 Å². The number of amides is 1. The summed E-state index contributed by atoms with van der Waals surface area (Å²) in [6, 6.07) is 14.5. The smallest absolute Gasteiger partial charge is 0.422 e. The van der Waals surface area contributed by atoms with E-state index in [1.165, 1.54) is 0 Å². The summed E-state index contributed by atoms with van der Waals surface area (Å²) in [6.07, 6.45) is -2.12. The average Bonchev–Trinajstić information content (AvgIpc) is 3.54. The van der Waals surface area contributed by atoms with Gasteiger partial charge < -0.3 is 23.7 Å². The summed E-state index contributed by atoms with van der Waals surface area (Å²) in [5.41, 5.74) is 2.56. The van der Waals surface area contributed by atoms with Gasteiger partial charge in [-0.15, -0.1) is 0 Å². The topological polar surface area (TPSA) is 56.2 Å². The normalized spacial score (nSPS) is 18.7. The van der Waals surface area contributed by atoms with E-state index in [-0.39, 0.29) is 17.8 Å². The summed E-state index contributed by atoms with van der Waals surface area (Å²) >= 11 is 0. The van der Waals surface area contributed by atoms with Crippen molar-refractivity contribution in [2.45, 2.75) is 31.7 Å². The number of halogens is 3. The molecular weight excluding hydrogens is 499 g/mol. The van der Waals surface area contributed by atoms with Crippen molar-refractivity contribution in [2.75, 3.05) is 46.0 Å². The average molecular weight is 532 g/mol. The van der Waals surface area contributed by atoms with Gasteiger partial charge in [0.25, 0.3) is 5.91 Å². The number of piperazine rings is 1. The number of aromatic nitrogens is 1. The highest BCUT2D eigenvalue weighted by Crippen LogP contribution is 2.26. The van der Waals surface area contributed by atoms with E-state index in [1.54, 1.807) is 24.3 Å². The predicted octanol–water partition coefficient (Wildman–Crippen LogP) is 4.64. The maximum absolute atomic E-state index is 13.4. The van der Waals surface area contributed by atoms with Crippen molar-refractivity contribution in [3.8, 4) is 11.5 Å². The van der Waals surface area contributed by atoms with Crippen molar-refractivity contribution in [3.05, 3.63) is 59.8 Å². The number of ether oxygens (including phenoxy) is 3. The van der Waals surface area contributed by atoms with E-state index in [1.807, 2.05) is 40.8 Å². The van der Waals surface area contributed by atoms with Crippen LogP contribution in [-0.2, 0) is 18.3 Å². The van der Waals surface area contributed by atoms with Gasteiger partial charge in [0.1, 0.15) is 23.8 Å². The lowest BCUT2D eigenvalue weighted by atomic mass is 10.2. The molecule has 0 saturated carbocycles. The molecule has 0 aliphatic carbocycles. The lowest BCUT2D eigenvalue weighted by Crippen LogP contribution is -2.48. The highest BCUT2D eigenvalue weighted by Gasteiger charge is 2.28. The number of carbonyl (C=O) groups is 1. The standard InChI is InChI=1S/C28H32F3N3O4/c1-32-25-16-23(37-18-24-3-2-14-36-24)9-6-21(25)15-26(32)27(35)34-12-10-33(11-13-34)17-20-4-7-22(8-5-20)38-19-28(29,30)31/h4-9,15-16,24H,2-3,10-14,17-19H2,1H3. The van der Waals surface area contributed by atoms with Crippen molar-refractivity contribution in [1.29, 1.82) is 0 Å². The summed E-state index contributed by atoms with van der Waals surface area (Å²) < 4.78 is 55.2. The third-order valence-electron chi connectivity index (χ3n) is 7.09. The number of nitrogens with zero attached hydrogens (tertiary/aromatic N) is 3. The van der Waals surface area contributed by atoms with Gasteiger partial charge in [-0.3, -0.25) is 9.69 Å². The number of alkyl halides is 3. The number of hydrogen-bond donors (Lipinski definition) is 0. The fourth-order valence-electron chi connectivity index (χ4n) is 4.96. The lowest BCUT2D eigenvalue weighted by Gasteiger charge is -2.34. The Balaban J connectivity index is 1.14. The fourth-order valence-corrected chi connectivity index (χ4v) is 4.96. The molecule has 2 aliphatic rings. The second kappa shape index (κ2) is 11.2. The maximum Gasteiger partial charge on any atom is 0.422 e. The molecule has 1 atom stereocenters. The Labute approximate surface area is 219 Å². The summed E-state index contributed by atoms with van der Waals surface area (Å²) in [4.78, 5) is 17.5. The Hall–Kier alpha value is -3.24. The molecule has 2 saturated heterocycles. The van der Waals surface area contributed by atoms with Gasteiger partial charge in [-0.1, -0.05) is 12.1 Å². The number of aryl methyl sites for hydroxylation is 1. The monoisotopic (exact) mass is 531 g/mol. The molecular formula is C28H32F3N3O4. The van der Waals surface area contributed by atoms with Crippen molar-refractivity contribution >= 4 is 16.8 Å². The molecule has 2 aromatic carbocycles. The lowest BCUT2D eigenvalue weighted by molar-refractivity contribution is -0.153. The number of hydrogen-bond acceptors (Lipinski definition) is 5. The van der Waals surface area contributed by atoms with Gasteiger partial charge in [0.2, 0.25) is 0 Å². The number of rotatable bonds is 8. The Morgan fingerprint density at radius 3 is 2.42 bits per heavy atom. The van der Waals surface area contributed by atoms with Crippen LogP contribution >= 0.6 is 0 Å². The van der Waals surface area contributed by atoms with E-state index in [0.717, 1.165) is 41.7 Å². The van der Waals surface area contributed by atoms with Gasteiger partial charge in [0, 0.05) is 57.8 Å². The Morgan fingerprint density at radius 2 is 1.74 bits per heavy atom. The molecule has 0 bridgehead atoms. The zero-order valence-corrected chi connectivity index (χ0v) is 21.4. The number of carbonyl (C=O) groups excluding carboxylic acids is 1. The van der Waals surface area contributed by atoms with Gasteiger partial charge in [-0.25, -0.2) is 0 Å². The van der Waals surface area contributed by atoms with Gasteiger partial charge >= 0.3 is 6.18 Å². The van der Waals surface area contributed by atoms with Gasteiger partial charge in [-0.2, -0.15) is 13.2 Å². The van der Waals surface area contributed by atoms with Crippen molar-refractivity contribution in [2.24, 2.45) is 7.05 Å². The van der Waals surface area contributed by atoms with E-state index in [4.69, 9.17) is 14.2 Å². The molecule has 38 heavy (non-hydrogen) atoms. The largest absolute Gasteiger partial charge is 0.491 e. The number of fused-ring (bicyclic) bond motifs is 1. The minimum Gasteiger partial charge on any atom is -0.491 e. The third-order valence-corrected chi connectivity index (χ3v) is 7.09. The van der Waals surface area contributed by atoms with Crippen LogP contribution in [0.25, 0.3) is 10.9 Å². The molecule has 3 aromatic rings. The van der Waals surface area contributed by atoms with Crippen molar-refractivity contribution < 1.29 is 32.2 Å². The fraction of sp³-hybridized carbons (Fsp3) is 0.464. The minimum absolute atomic E-state index is 0.00339. The van der Waals surface area contributed by atoms with Crippen LogP contribution in [0.5, 0.6) is 11.5 Å². The molecule has 3 heterocycles. The summed E-state index contributed by atoms with van der Waals surface area (Å²) in [6.45, 7) is 3.30.